The zero-order chi connectivity index (χ0) is 12.8. The van der Waals surface area contributed by atoms with E-state index in [1.165, 1.54) is 45.3 Å². The van der Waals surface area contributed by atoms with Crippen molar-refractivity contribution in [2.45, 2.75) is 32.6 Å². The molecule has 1 aromatic heterocycles. The molecule has 0 saturated carbocycles. The summed E-state index contributed by atoms with van der Waals surface area (Å²) in [4.78, 5) is 6.83. The van der Waals surface area contributed by atoms with Crippen LogP contribution < -0.4 is 11.1 Å². The highest BCUT2D eigenvalue weighted by atomic mass is 15.1. The first-order valence-corrected chi connectivity index (χ1v) is 6.94. The Labute approximate surface area is 110 Å². The number of rotatable bonds is 6. The van der Waals surface area contributed by atoms with Crippen LogP contribution in [0.4, 0.5) is 11.5 Å². The standard InChI is InChI=1S/C14H24N4/c1-12-10-14(17-11-13(12)15)16-6-2-3-7-18-8-4-5-9-18/h10-11H,2-9,15H2,1H3,(H,16,17). The molecule has 3 N–H and O–H groups in total. The fourth-order valence-electron chi connectivity index (χ4n) is 2.35. The number of pyridine rings is 1. The van der Waals surface area contributed by atoms with Crippen LogP contribution in [0.3, 0.4) is 0 Å². The van der Waals surface area contributed by atoms with Crippen LogP contribution in [0.25, 0.3) is 0 Å². The molecule has 1 aliphatic heterocycles. The number of nitrogen functional groups attached to an aromatic ring is 1. The van der Waals surface area contributed by atoms with Crippen LogP contribution in [0, 0.1) is 6.92 Å². The minimum atomic E-state index is 0.759. The minimum Gasteiger partial charge on any atom is -0.397 e. The molecule has 0 amide bonds. The maximum absolute atomic E-state index is 5.74. The first-order valence-electron chi connectivity index (χ1n) is 6.94. The van der Waals surface area contributed by atoms with Gasteiger partial charge >= 0.3 is 0 Å². The summed E-state index contributed by atoms with van der Waals surface area (Å²) in [6.07, 6.45) is 6.95. The molecule has 4 nitrogen and oxygen atoms in total. The van der Waals surface area contributed by atoms with Gasteiger partial charge < -0.3 is 16.0 Å². The van der Waals surface area contributed by atoms with Gasteiger partial charge in [0, 0.05) is 6.54 Å². The molecule has 100 valence electrons. The number of nitrogens with two attached hydrogens (primary N) is 1. The summed E-state index contributed by atoms with van der Waals surface area (Å²) in [5.74, 6) is 0.933. The molecule has 0 atom stereocenters. The molecule has 0 aliphatic carbocycles. The number of anilines is 2. The number of aromatic nitrogens is 1. The molecule has 1 fully saturated rings. The zero-order valence-corrected chi connectivity index (χ0v) is 11.3. The second-order valence-corrected chi connectivity index (χ2v) is 5.11. The third-order valence-corrected chi connectivity index (χ3v) is 3.56. The van der Waals surface area contributed by atoms with Gasteiger partial charge in [0.2, 0.25) is 0 Å². The lowest BCUT2D eigenvalue weighted by Gasteiger charge is -2.14. The molecular weight excluding hydrogens is 224 g/mol. The van der Waals surface area contributed by atoms with Crippen LogP contribution >= 0.6 is 0 Å². The van der Waals surface area contributed by atoms with Gasteiger partial charge in [0.1, 0.15) is 5.82 Å². The number of unbranched alkanes of at least 4 members (excludes halogenated alkanes) is 1. The van der Waals surface area contributed by atoms with Crippen LogP contribution in [0.1, 0.15) is 31.2 Å². The number of likely N-dealkylation sites (tertiary alicyclic amines) is 1. The van der Waals surface area contributed by atoms with Crippen molar-refractivity contribution in [3.8, 4) is 0 Å². The van der Waals surface area contributed by atoms with Crippen molar-refractivity contribution in [2.24, 2.45) is 0 Å². The van der Waals surface area contributed by atoms with Gasteiger partial charge in [0.15, 0.2) is 0 Å². The Hall–Kier alpha value is -1.29. The summed E-state index contributed by atoms with van der Waals surface area (Å²) in [6.45, 7) is 6.84. The maximum Gasteiger partial charge on any atom is 0.126 e. The van der Waals surface area contributed by atoms with E-state index in [0.717, 1.165) is 23.6 Å². The van der Waals surface area contributed by atoms with E-state index in [4.69, 9.17) is 5.73 Å². The molecule has 0 bridgehead atoms. The molecule has 18 heavy (non-hydrogen) atoms. The largest absolute Gasteiger partial charge is 0.397 e. The predicted molar refractivity (Wildman–Crippen MR) is 76.8 cm³/mol. The summed E-state index contributed by atoms with van der Waals surface area (Å²) < 4.78 is 0. The lowest BCUT2D eigenvalue weighted by molar-refractivity contribution is 0.331. The number of nitrogens with zero attached hydrogens (tertiary/aromatic N) is 2. The molecule has 2 heterocycles. The topological polar surface area (TPSA) is 54.2 Å². The summed E-state index contributed by atoms with van der Waals surface area (Å²) in [5.41, 5.74) is 7.59. The number of hydrogen-bond donors (Lipinski definition) is 2. The number of aryl methyl sites for hydroxylation is 1. The van der Waals surface area contributed by atoms with E-state index in [0.29, 0.717) is 0 Å². The average molecular weight is 248 g/mol. The van der Waals surface area contributed by atoms with Crippen molar-refractivity contribution in [2.75, 3.05) is 37.2 Å². The Bertz CT molecular complexity index is 372. The molecule has 4 heteroatoms. The van der Waals surface area contributed by atoms with E-state index < -0.39 is 0 Å². The van der Waals surface area contributed by atoms with Crippen molar-refractivity contribution in [1.29, 1.82) is 0 Å². The lowest BCUT2D eigenvalue weighted by Crippen LogP contribution is -2.20. The highest BCUT2D eigenvalue weighted by Gasteiger charge is 2.09. The van der Waals surface area contributed by atoms with Gasteiger partial charge in [-0.1, -0.05) is 0 Å². The third-order valence-electron chi connectivity index (χ3n) is 3.56. The molecule has 0 radical (unpaired) electrons. The van der Waals surface area contributed by atoms with Crippen LogP contribution in [0.15, 0.2) is 12.3 Å². The molecular formula is C14H24N4. The van der Waals surface area contributed by atoms with E-state index in [1.54, 1.807) is 6.20 Å². The van der Waals surface area contributed by atoms with Crippen molar-refractivity contribution < 1.29 is 0 Å². The zero-order valence-electron chi connectivity index (χ0n) is 11.3. The normalized spacial score (nSPS) is 16.1. The van der Waals surface area contributed by atoms with E-state index in [9.17, 15) is 0 Å². The first kappa shape index (κ1) is 13.1. The van der Waals surface area contributed by atoms with Gasteiger partial charge in [0.05, 0.1) is 11.9 Å². The summed E-state index contributed by atoms with van der Waals surface area (Å²) in [5, 5.41) is 3.35. The Morgan fingerprint density at radius 1 is 1.33 bits per heavy atom. The van der Waals surface area contributed by atoms with Gasteiger partial charge in [0.25, 0.3) is 0 Å². The summed E-state index contributed by atoms with van der Waals surface area (Å²) in [6, 6.07) is 2.01. The van der Waals surface area contributed by atoms with Gasteiger partial charge in [-0.15, -0.1) is 0 Å². The smallest absolute Gasteiger partial charge is 0.126 e. The fourth-order valence-corrected chi connectivity index (χ4v) is 2.35. The van der Waals surface area contributed by atoms with Crippen molar-refractivity contribution >= 4 is 11.5 Å². The second kappa shape index (κ2) is 6.59. The molecule has 1 aliphatic rings. The minimum absolute atomic E-state index is 0.759. The molecule has 1 aromatic rings. The Morgan fingerprint density at radius 3 is 2.83 bits per heavy atom. The van der Waals surface area contributed by atoms with Crippen LogP contribution in [0.5, 0.6) is 0 Å². The molecule has 1 saturated heterocycles. The monoisotopic (exact) mass is 248 g/mol. The Kier molecular flexibility index (Phi) is 4.81. The summed E-state index contributed by atoms with van der Waals surface area (Å²) >= 11 is 0. The summed E-state index contributed by atoms with van der Waals surface area (Å²) in [7, 11) is 0. The van der Waals surface area contributed by atoms with Crippen LogP contribution in [-0.4, -0.2) is 36.1 Å². The second-order valence-electron chi connectivity index (χ2n) is 5.11. The quantitative estimate of drug-likeness (QED) is 0.758. The van der Waals surface area contributed by atoms with Gasteiger partial charge in [-0.3, -0.25) is 0 Å². The molecule has 0 aromatic carbocycles. The highest BCUT2D eigenvalue weighted by Crippen LogP contribution is 2.13. The highest BCUT2D eigenvalue weighted by molar-refractivity contribution is 5.50. The van der Waals surface area contributed by atoms with E-state index >= 15 is 0 Å². The lowest BCUT2D eigenvalue weighted by atomic mass is 10.2. The third kappa shape index (κ3) is 3.88. The Morgan fingerprint density at radius 2 is 2.11 bits per heavy atom. The molecule has 0 unspecified atom stereocenters. The van der Waals surface area contributed by atoms with Crippen LogP contribution in [0.2, 0.25) is 0 Å². The van der Waals surface area contributed by atoms with Crippen molar-refractivity contribution in [1.82, 2.24) is 9.88 Å². The van der Waals surface area contributed by atoms with Crippen molar-refractivity contribution in [3.05, 3.63) is 17.8 Å². The van der Waals surface area contributed by atoms with E-state index in [1.807, 2.05) is 13.0 Å². The average Bonchev–Trinajstić information content (AvgIpc) is 2.86. The van der Waals surface area contributed by atoms with Gasteiger partial charge in [-0.25, -0.2) is 4.98 Å². The van der Waals surface area contributed by atoms with Gasteiger partial charge in [-0.2, -0.15) is 0 Å². The van der Waals surface area contributed by atoms with Crippen molar-refractivity contribution in [3.63, 3.8) is 0 Å². The first-order chi connectivity index (χ1) is 8.75. The number of hydrogen-bond acceptors (Lipinski definition) is 4. The molecule has 2 rings (SSSR count). The fraction of sp³-hybridized carbons (Fsp3) is 0.643. The molecule has 0 spiro atoms. The maximum atomic E-state index is 5.74. The number of nitrogens with one attached hydrogen (secondary N) is 1. The van der Waals surface area contributed by atoms with Crippen LogP contribution in [-0.2, 0) is 0 Å². The van der Waals surface area contributed by atoms with Gasteiger partial charge in [-0.05, 0) is 63.9 Å². The van der Waals surface area contributed by atoms with E-state index in [2.05, 4.69) is 15.2 Å². The van der Waals surface area contributed by atoms with E-state index in [-0.39, 0.29) is 0 Å². The Balaban J connectivity index is 1.61. The predicted octanol–water partition coefficient (Wildman–Crippen LogP) is 2.26. The SMILES string of the molecule is Cc1cc(NCCCCN2CCCC2)ncc1N.